The van der Waals surface area contributed by atoms with Gasteiger partial charge in [-0.25, -0.2) is 0 Å². The molecule has 0 N–H and O–H groups in total. The molecule has 0 amide bonds. The van der Waals surface area contributed by atoms with Gasteiger partial charge in [-0.3, -0.25) is 4.79 Å². The Balaban J connectivity index is 1.38. The number of carbonyl (C=O) groups excluding carboxylic acids is 1. The zero-order chi connectivity index (χ0) is 22.1. The second-order valence-electron chi connectivity index (χ2n) is 7.29. The fraction of sp³-hybridized carbons (Fsp3) is 0.160. The number of hydrogen-bond donors (Lipinski definition) is 0. The number of allylic oxidation sites excluding steroid dienone is 1. The summed E-state index contributed by atoms with van der Waals surface area (Å²) in [6.07, 6.45) is 1.70. The summed E-state index contributed by atoms with van der Waals surface area (Å²) in [7, 11) is 1.63. The van der Waals surface area contributed by atoms with Crippen molar-refractivity contribution in [2.24, 2.45) is 0 Å². The number of rotatable bonds is 5. The van der Waals surface area contributed by atoms with Crippen molar-refractivity contribution in [3.8, 4) is 23.0 Å². The molecular weight excluding hydrogens is 476 g/mol. The Labute approximate surface area is 193 Å². The maximum absolute atomic E-state index is 12.9. The standard InChI is InChI=1S/C25H19BrO6/c1-28-21-5-3-2-4-15(21)13-30-19-6-7-20-22(11-19)32-23(24(20)27)10-16-8-18(26)9-17-12-29-14-31-25(16)17/h2-11H,12-14H2,1H3. The minimum Gasteiger partial charge on any atom is -0.496 e. The van der Waals surface area contributed by atoms with Gasteiger partial charge in [0.15, 0.2) is 12.6 Å². The van der Waals surface area contributed by atoms with E-state index in [2.05, 4.69) is 15.9 Å². The van der Waals surface area contributed by atoms with Crippen LogP contribution in [0.1, 0.15) is 27.0 Å². The SMILES string of the molecule is COc1ccccc1COc1ccc2c(c1)OC(=Cc1cc(Br)cc3c1OCOC3)C2=O. The summed E-state index contributed by atoms with van der Waals surface area (Å²) in [5, 5.41) is 0. The molecule has 2 aliphatic heterocycles. The minimum absolute atomic E-state index is 0.173. The van der Waals surface area contributed by atoms with E-state index in [9.17, 15) is 4.79 Å². The molecule has 2 heterocycles. The third-order valence-electron chi connectivity index (χ3n) is 5.22. The molecule has 0 fully saturated rings. The summed E-state index contributed by atoms with van der Waals surface area (Å²) in [4.78, 5) is 12.9. The number of ether oxygens (including phenoxy) is 5. The van der Waals surface area contributed by atoms with Crippen molar-refractivity contribution in [3.63, 3.8) is 0 Å². The lowest BCUT2D eigenvalue weighted by molar-refractivity contribution is -0.0165. The van der Waals surface area contributed by atoms with Crippen LogP contribution in [0, 0.1) is 0 Å². The number of fused-ring (bicyclic) bond motifs is 2. The van der Waals surface area contributed by atoms with Crippen LogP contribution in [-0.4, -0.2) is 19.7 Å². The van der Waals surface area contributed by atoms with Crippen LogP contribution >= 0.6 is 15.9 Å². The smallest absolute Gasteiger partial charge is 0.231 e. The number of methoxy groups -OCH3 is 1. The quantitative estimate of drug-likeness (QED) is 0.435. The Morgan fingerprint density at radius 3 is 2.88 bits per heavy atom. The van der Waals surface area contributed by atoms with Crippen molar-refractivity contribution in [1.29, 1.82) is 0 Å². The summed E-state index contributed by atoms with van der Waals surface area (Å²) in [6, 6.07) is 16.7. The Bertz CT molecular complexity index is 1230. The minimum atomic E-state index is -0.183. The molecule has 2 aliphatic rings. The fourth-order valence-corrected chi connectivity index (χ4v) is 4.22. The van der Waals surface area contributed by atoms with Gasteiger partial charge in [-0.2, -0.15) is 0 Å². The van der Waals surface area contributed by atoms with Gasteiger partial charge in [0.25, 0.3) is 0 Å². The third-order valence-corrected chi connectivity index (χ3v) is 5.68. The number of carbonyl (C=O) groups is 1. The maximum Gasteiger partial charge on any atom is 0.231 e. The lowest BCUT2D eigenvalue weighted by atomic mass is 10.1. The summed E-state index contributed by atoms with van der Waals surface area (Å²) < 4.78 is 29.0. The second-order valence-corrected chi connectivity index (χ2v) is 8.21. The lowest BCUT2D eigenvalue weighted by Crippen LogP contribution is -2.12. The van der Waals surface area contributed by atoms with E-state index < -0.39 is 0 Å². The number of benzene rings is 3. The molecule has 0 bridgehead atoms. The van der Waals surface area contributed by atoms with Gasteiger partial charge in [0.1, 0.15) is 29.6 Å². The zero-order valence-electron chi connectivity index (χ0n) is 17.2. The molecule has 6 nitrogen and oxygen atoms in total. The number of hydrogen-bond acceptors (Lipinski definition) is 6. The van der Waals surface area contributed by atoms with Crippen LogP contribution in [-0.2, 0) is 18.0 Å². The lowest BCUT2D eigenvalue weighted by Gasteiger charge is -2.20. The Morgan fingerprint density at radius 1 is 1.12 bits per heavy atom. The van der Waals surface area contributed by atoms with E-state index in [1.807, 2.05) is 36.4 Å². The van der Waals surface area contributed by atoms with Crippen molar-refractivity contribution in [2.45, 2.75) is 13.2 Å². The molecule has 0 saturated heterocycles. The average Bonchev–Trinajstić information content (AvgIpc) is 3.12. The van der Waals surface area contributed by atoms with E-state index in [1.165, 1.54) is 0 Å². The highest BCUT2D eigenvalue weighted by Crippen LogP contribution is 2.38. The molecule has 0 aliphatic carbocycles. The average molecular weight is 495 g/mol. The molecule has 0 saturated carbocycles. The van der Waals surface area contributed by atoms with Crippen molar-refractivity contribution < 1.29 is 28.5 Å². The van der Waals surface area contributed by atoms with E-state index in [4.69, 9.17) is 23.7 Å². The van der Waals surface area contributed by atoms with Crippen LogP contribution in [0.15, 0.2) is 64.8 Å². The van der Waals surface area contributed by atoms with Crippen molar-refractivity contribution in [2.75, 3.05) is 13.9 Å². The topological polar surface area (TPSA) is 63.2 Å². The maximum atomic E-state index is 12.9. The zero-order valence-corrected chi connectivity index (χ0v) is 18.8. The molecule has 0 atom stereocenters. The summed E-state index contributed by atoms with van der Waals surface area (Å²) in [5.41, 5.74) is 3.08. The molecule has 0 radical (unpaired) electrons. The number of Topliss-reactive ketones (excluding diaryl/α,β-unsaturated/α-hetero) is 1. The first kappa shape index (κ1) is 20.6. The highest BCUT2D eigenvalue weighted by Gasteiger charge is 2.28. The van der Waals surface area contributed by atoms with E-state index in [0.29, 0.717) is 36.0 Å². The van der Waals surface area contributed by atoms with Crippen molar-refractivity contribution in [1.82, 2.24) is 0 Å². The Hall–Kier alpha value is -3.29. The Morgan fingerprint density at radius 2 is 2.00 bits per heavy atom. The summed E-state index contributed by atoms with van der Waals surface area (Å²) in [5.74, 6) is 2.57. The number of para-hydroxylation sites is 1. The molecular formula is C25H19BrO6. The van der Waals surface area contributed by atoms with Gasteiger partial charge in [0.2, 0.25) is 5.78 Å². The van der Waals surface area contributed by atoms with E-state index in [0.717, 1.165) is 26.9 Å². The molecule has 3 aromatic carbocycles. The van der Waals surface area contributed by atoms with Gasteiger partial charge < -0.3 is 23.7 Å². The van der Waals surface area contributed by atoms with Gasteiger partial charge in [-0.15, -0.1) is 0 Å². The summed E-state index contributed by atoms with van der Waals surface area (Å²) in [6.45, 7) is 0.961. The highest BCUT2D eigenvalue weighted by molar-refractivity contribution is 9.10. The van der Waals surface area contributed by atoms with Crippen LogP contribution in [0.25, 0.3) is 6.08 Å². The third kappa shape index (κ3) is 3.97. The molecule has 0 unspecified atom stereocenters. The van der Waals surface area contributed by atoms with Gasteiger partial charge in [-0.1, -0.05) is 34.1 Å². The first-order valence-electron chi connectivity index (χ1n) is 9.98. The predicted molar refractivity (Wildman–Crippen MR) is 121 cm³/mol. The fourth-order valence-electron chi connectivity index (χ4n) is 3.70. The van der Waals surface area contributed by atoms with Gasteiger partial charge >= 0.3 is 0 Å². The first-order chi connectivity index (χ1) is 15.6. The normalized spacial score (nSPS) is 15.6. The van der Waals surface area contributed by atoms with Gasteiger partial charge in [0, 0.05) is 27.2 Å². The number of ketones is 1. The molecule has 0 aromatic heterocycles. The highest BCUT2D eigenvalue weighted by atomic mass is 79.9. The van der Waals surface area contributed by atoms with E-state index in [1.54, 1.807) is 31.4 Å². The van der Waals surface area contributed by atoms with Crippen molar-refractivity contribution in [3.05, 3.63) is 87.1 Å². The molecule has 7 heteroatoms. The largest absolute Gasteiger partial charge is 0.496 e. The molecule has 0 spiro atoms. The first-order valence-corrected chi connectivity index (χ1v) is 10.8. The van der Waals surface area contributed by atoms with E-state index >= 15 is 0 Å². The molecule has 3 aromatic rings. The predicted octanol–water partition coefficient (Wildman–Crippen LogP) is 5.52. The van der Waals surface area contributed by atoms with Crippen LogP contribution in [0.4, 0.5) is 0 Å². The van der Waals surface area contributed by atoms with Crippen LogP contribution < -0.4 is 18.9 Å². The monoisotopic (exact) mass is 494 g/mol. The molecule has 5 rings (SSSR count). The molecule has 162 valence electrons. The molecule has 32 heavy (non-hydrogen) atoms. The van der Waals surface area contributed by atoms with Gasteiger partial charge in [-0.05, 0) is 36.4 Å². The van der Waals surface area contributed by atoms with Crippen LogP contribution in [0.2, 0.25) is 0 Å². The second kappa shape index (κ2) is 8.68. The van der Waals surface area contributed by atoms with Crippen LogP contribution in [0.5, 0.6) is 23.0 Å². The van der Waals surface area contributed by atoms with Crippen LogP contribution in [0.3, 0.4) is 0 Å². The van der Waals surface area contributed by atoms with Gasteiger partial charge in [0.05, 0.1) is 19.3 Å². The van der Waals surface area contributed by atoms with E-state index in [-0.39, 0.29) is 18.3 Å². The number of halogens is 1. The Kier molecular flexibility index (Phi) is 5.59. The van der Waals surface area contributed by atoms with Crippen molar-refractivity contribution >= 4 is 27.8 Å². The summed E-state index contributed by atoms with van der Waals surface area (Å²) >= 11 is 3.50.